The van der Waals surface area contributed by atoms with E-state index in [1.807, 2.05) is 6.07 Å². The van der Waals surface area contributed by atoms with E-state index in [1.54, 1.807) is 43.4 Å². The lowest BCUT2D eigenvalue weighted by Crippen LogP contribution is -2.26. The van der Waals surface area contributed by atoms with E-state index in [0.29, 0.717) is 10.4 Å². The topological polar surface area (TPSA) is 59.4 Å². The first kappa shape index (κ1) is 14.8. The SMILES string of the molecule is CN(c1ccccc1)S(=O)(=O)c1ccc2c(c1)sc(=O)n2C. The molecular weight excluding hydrogens is 320 g/mol. The molecule has 0 bridgehead atoms. The Hall–Kier alpha value is -2.12. The van der Waals surface area contributed by atoms with Crippen molar-refractivity contribution in [2.45, 2.75) is 4.90 Å². The normalized spacial score (nSPS) is 11.7. The number of anilines is 1. The van der Waals surface area contributed by atoms with Crippen LogP contribution >= 0.6 is 11.3 Å². The fourth-order valence-electron chi connectivity index (χ4n) is 2.21. The van der Waals surface area contributed by atoms with Crippen LogP contribution in [0.25, 0.3) is 10.2 Å². The number of para-hydroxylation sites is 1. The standard InChI is InChI=1S/C15H14N2O3S2/c1-16-13-9-8-12(10-14(13)21-15(16)18)22(19,20)17(2)11-6-4-3-5-7-11/h3-10H,1-2H3. The lowest BCUT2D eigenvalue weighted by atomic mass is 10.3. The molecule has 0 saturated carbocycles. The van der Waals surface area contributed by atoms with Crippen molar-refractivity contribution < 1.29 is 8.42 Å². The number of rotatable bonds is 3. The Bertz CT molecular complexity index is 989. The number of aryl methyl sites for hydroxylation is 1. The van der Waals surface area contributed by atoms with Crippen molar-refractivity contribution in [1.82, 2.24) is 4.57 Å². The minimum atomic E-state index is -3.66. The van der Waals surface area contributed by atoms with Crippen LogP contribution in [0.1, 0.15) is 0 Å². The molecule has 0 fully saturated rings. The molecule has 0 spiro atoms. The van der Waals surface area contributed by atoms with E-state index >= 15 is 0 Å². The molecule has 0 unspecified atom stereocenters. The number of benzene rings is 2. The summed E-state index contributed by atoms with van der Waals surface area (Å²) in [6.45, 7) is 0. The smallest absolute Gasteiger partial charge is 0.302 e. The number of aromatic nitrogens is 1. The molecule has 0 aliphatic rings. The lowest BCUT2D eigenvalue weighted by Gasteiger charge is -2.19. The number of hydrogen-bond donors (Lipinski definition) is 0. The Morgan fingerprint density at radius 2 is 1.77 bits per heavy atom. The molecule has 0 aliphatic heterocycles. The number of thiazole rings is 1. The maximum absolute atomic E-state index is 12.7. The van der Waals surface area contributed by atoms with Crippen LogP contribution in [-0.4, -0.2) is 20.0 Å². The van der Waals surface area contributed by atoms with Gasteiger partial charge in [0.25, 0.3) is 10.0 Å². The Morgan fingerprint density at radius 1 is 1.09 bits per heavy atom. The molecule has 1 heterocycles. The molecule has 0 radical (unpaired) electrons. The highest BCUT2D eigenvalue weighted by Gasteiger charge is 2.22. The highest BCUT2D eigenvalue weighted by Crippen LogP contribution is 2.25. The molecule has 5 nitrogen and oxygen atoms in total. The van der Waals surface area contributed by atoms with E-state index in [4.69, 9.17) is 0 Å². The average Bonchev–Trinajstić information content (AvgIpc) is 2.81. The van der Waals surface area contributed by atoms with Gasteiger partial charge in [0.2, 0.25) is 0 Å². The summed E-state index contributed by atoms with van der Waals surface area (Å²) in [5.41, 5.74) is 1.32. The molecule has 0 N–H and O–H groups in total. The van der Waals surface area contributed by atoms with Gasteiger partial charge in [-0.2, -0.15) is 0 Å². The summed E-state index contributed by atoms with van der Waals surface area (Å²) in [6.07, 6.45) is 0. The van der Waals surface area contributed by atoms with Gasteiger partial charge in [-0.1, -0.05) is 29.5 Å². The summed E-state index contributed by atoms with van der Waals surface area (Å²) >= 11 is 1.04. The van der Waals surface area contributed by atoms with Gasteiger partial charge in [0.15, 0.2) is 0 Å². The van der Waals surface area contributed by atoms with Crippen molar-refractivity contribution in [1.29, 1.82) is 0 Å². The van der Waals surface area contributed by atoms with E-state index < -0.39 is 10.0 Å². The Balaban J connectivity index is 2.11. The molecule has 114 valence electrons. The van der Waals surface area contributed by atoms with Crippen molar-refractivity contribution in [2.24, 2.45) is 7.05 Å². The van der Waals surface area contributed by atoms with Crippen LogP contribution in [0.15, 0.2) is 58.2 Å². The van der Waals surface area contributed by atoms with Crippen LogP contribution in [-0.2, 0) is 17.1 Å². The van der Waals surface area contributed by atoms with Crippen molar-refractivity contribution in [2.75, 3.05) is 11.4 Å². The van der Waals surface area contributed by atoms with Crippen LogP contribution < -0.4 is 9.18 Å². The fourth-order valence-corrected chi connectivity index (χ4v) is 4.43. The Morgan fingerprint density at radius 3 is 2.45 bits per heavy atom. The molecule has 22 heavy (non-hydrogen) atoms. The highest BCUT2D eigenvalue weighted by atomic mass is 32.2. The largest absolute Gasteiger partial charge is 0.307 e. The average molecular weight is 334 g/mol. The zero-order valence-electron chi connectivity index (χ0n) is 12.1. The van der Waals surface area contributed by atoms with Crippen LogP contribution in [0, 0.1) is 0 Å². The second kappa shape index (κ2) is 5.26. The van der Waals surface area contributed by atoms with Gasteiger partial charge >= 0.3 is 4.87 Å². The summed E-state index contributed by atoms with van der Waals surface area (Å²) in [7, 11) is -0.470. The van der Waals surface area contributed by atoms with Gasteiger partial charge in [-0.25, -0.2) is 8.42 Å². The third kappa shape index (κ3) is 2.32. The predicted octanol–water partition coefficient (Wildman–Crippen LogP) is 2.43. The number of sulfonamides is 1. The molecule has 3 rings (SSSR count). The number of hydrogen-bond acceptors (Lipinski definition) is 4. The molecule has 0 atom stereocenters. The minimum Gasteiger partial charge on any atom is -0.302 e. The first-order valence-electron chi connectivity index (χ1n) is 6.55. The second-order valence-electron chi connectivity index (χ2n) is 4.86. The van der Waals surface area contributed by atoms with E-state index in [2.05, 4.69) is 0 Å². The zero-order valence-corrected chi connectivity index (χ0v) is 13.7. The summed E-state index contributed by atoms with van der Waals surface area (Å²) in [6, 6.07) is 13.6. The van der Waals surface area contributed by atoms with E-state index in [1.165, 1.54) is 22.0 Å². The number of fused-ring (bicyclic) bond motifs is 1. The van der Waals surface area contributed by atoms with E-state index in [0.717, 1.165) is 16.9 Å². The zero-order chi connectivity index (χ0) is 15.9. The summed E-state index contributed by atoms with van der Waals surface area (Å²) in [4.78, 5) is 11.7. The molecule has 0 saturated heterocycles. The van der Waals surface area contributed by atoms with Gasteiger partial charge in [-0.15, -0.1) is 0 Å². The monoisotopic (exact) mass is 334 g/mol. The molecule has 1 aromatic heterocycles. The first-order chi connectivity index (χ1) is 10.4. The second-order valence-corrected chi connectivity index (χ2v) is 7.83. The van der Waals surface area contributed by atoms with Gasteiger partial charge < -0.3 is 4.57 Å². The van der Waals surface area contributed by atoms with Crippen molar-refractivity contribution in [3.63, 3.8) is 0 Å². The lowest BCUT2D eigenvalue weighted by molar-refractivity contribution is 0.594. The van der Waals surface area contributed by atoms with Gasteiger partial charge in [0.05, 0.1) is 20.8 Å². The predicted molar refractivity (Wildman–Crippen MR) is 89.1 cm³/mol. The quantitative estimate of drug-likeness (QED) is 0.739. The van der Waals surface area contributed by atoms with Gasteiger partial charge in [0.1, 0.15) is 0 Å². The van der Waals surface area contributed by atoms with E-state index in [9.17, 15) is 13.2 Å². The minimum absolute atomic E-state index is 0.110. The summed E-state index contributed by atoms with van der Waals surface area (Å²) in [5.74, 6) is 0. The molecular formula is C15H14N2O3S2. The first-order valence-corrected chi connectivity index (χ1v) is 8.80. The molecule has 0 amide bonds. The van der Waals surface area contributed by atoms with Crippen LogP contribution in [0.5, 0.6) is 0 Å². The number of nitrogens with zero attached hydrogens (tertiary/aromatic N) is 2. The van der Waals surface area contributed by atoms with Crippen molar-refractivity contribution in [3.05, 3.63) is 58.2 Å². The molecule has 2 aromatic carbocycles. The molecule has 0 aliphatic carbocycles. The van der Waals surface area contributed by atoms with E-state index in [-0.39, 0.29) is 9.77 Å². The van der Waals surface area contributed by atoms with Crippen molar-refractivity contribution >= 4 is 37.3 Å². The highest BCUT2D eigenvalue weighted by molar-refractivity contribution is 7.92. The maximum Gasteiger partial charge on any atom is 0.307 e. The summed E-state index contributed by atoms with van der Waals surface area (Å²) < 4.78 is 28.8. The van der Waals surface area contributed by atoms with Crippen molar-refractivity contribution in [3.8, 4) is 0 Å². The molecule has 3 aromatic rings. The summed E-state index contributed by atoms with van der Waals surface area (Å²) in [5, 5.41) is 0. The van der Waals surface area contributed by atoms with Gasteiger partial charge in [-0.05, 0) is 30.3 Å². The van der Waals surface area contributed by atoms with Crippen LogP contribution in [0.2, 0.25) is 0 Å². The van der Waals surface area contributed by atoms with Crippen LogP contribution in [0.4, 0.5) is 5.69 Å². The van der Waals surface area contributed by atoms with Gasteiger partial charge in [0, 0.05) is 14.1 Å². The third-order valence-electron chi connectivity index (χ3n) is 3.54. The maximum atomic E-state index is 12.7. The van der Waals surface area contributed by atoms with Gasteiger partial charge in [-0.3, -0.25) is 9.10 Å². The molecule has 7 heteroatoms. The fraction of sp³-hybridized carbons (Fsp3) is 0.133. The Kier molecular flexibility index (Phi) is 3.54. The van der Waals surface area contributed by atoms with Crippen LogP contribution in [0.3, 0.4) is 0 Å². The third-order valence-corrected chi connectivity index (χ3v) is 6.32. The Labute approximate surface area is 132 Å².